The van der Waals surface area contributed by atoms with Crippen molar-refractivity contribution in [3.63, 3.8) is 0 Å². The molecule has 1 N–H and O–H groups in total. The minimum absolute atomic E-state index is 0.0914. The Bertz CT molecular complexity index is 770. The van der Waals surface area contributed by atoms with Crippen molar-refractivity contribution in [2.24, 2.45) is 0 Å². The Balaban J connectivity index is 2.11. The first kappa shape index (κ1) is 19.3. The van der Waals surface area contributed by atoms with E-state index in [9.17, 15) is 26.7 Å². The molecule has 0 aliphatic heterocycles. The van der Waals surface area contributed by atoms with E-state index >= 15 is 0 Å². The van der Waals surface area contributed by atoms with E-state index in [2.05, 4.69) is 24.2 Å². The highest BCUT2D eigenvalue weighted by Crippen LogP contribution is 2.29. The molecular formula is C14H13F5N3O2P. The lowest BCUT2D eigenvalue weighted by molar-refractivity contribution is -0.135. The van der Waals surface area contributed by atoms with Gasteiger partial charge in [0.1, 0.15) is 6.54 Å². The molecule has 0 saturated carbocycles. The normalized spacial score (nSPS) is 12.3. The maximum atomic E-state index is 13.5. The second kappa shape index (κ2) is 7.88. The van der Waals surface area contributed by atoms with Crippen molar-refractivity contribution in [3.05, 3.63) is 47.3 Å². The summed E-state index contributed by atoms with van der Waals surface area (Å²) in [5.41, 5.74) is 0.631. The number of hydrogen-bond donors (Lipinski definition) is 1. The first-order valence-corrected chi connectivity index (χ1v) is 7.51. The number of halogens is 5. The number of nitrogens with zero attached hydrogens (tertiary/aromatic N) is 2. The fourth-order valence-corrected chi connectivity index (χ4v) is 2.06. The molecule has 2 unspecified atom stereocenters. The van der Waals surface area contributed by atoms with Gasteiger partial charge in [-0.2, -0.15) is 8.78 Å². The van der Waals surface area contributed by atoms with Crippen LogP contribution in [0.1, 0.15) is 12.6 Å². The summed E-state index contributed by atoms with van der Waals surface area (Å²) in [5.74, 6) is -14.0. The second-order valence-corrected chi connectivity index (χ2v) is 5.52. The number of aromatic nitrogens is 2. The van der Waals surface area contributed by atoms with Crippen molar-refractivity contribution in [2.45, 2.75) is 25.9 Å². The van der Waals surface area contributed by atoms with Crippen LogP contribution in [0.4, 0.5) is 22.0 Å². The summed E-state index contributed by atoms with van der Waals surface area (Å²) < 4.78 is 71.6. The van der Waals surface area contributed by atoms with Gasteiger partial charge in [0.05, 0.1) is 12.0 Å². The lowest BCUT2D eigenvalue weighted by Crippen LogP contribution is -2.19. The summed E-state index contributed by atoms with van der Waals surface area (Å²) in [4.78, 5) is 15.8. The molecule has 11 heteroatoms. The summed E-state index contributed by atoms with van der Waals surface area (Å²) in [6.45, 7) is 1.37. The van der Waals surface area contributed by atoms with Crippen molar-refractivity contribution in [1.82, 2.24) is 14.6 Å². The third-order valence-corrected chi connectivity index (χ3v) is 3.75. The highest BCUT2D eigenvalue weighted by atomic mass is 31.0. The fourth-order valence-electron chi connectivity index (χ4n) is 1.94. The molecule has 1 aromatic carbocycles. The molecule has 25 heavy (non-hydrogen) atoms. The Morgan fingerprint density at radius 2 is 1.76 bits per heavy atom. The Labute approximate surface area is 141 Å². The molecule has 0 saturated heterocycles. The van der Waals surface area contributed by atoms with Crippen molar-refractivity contribution in [2.75, 3.05) is 0 Å². The van der Waals surface area contributed by atoms with E-state index in [0.29, 0.717) is 12.1 Å². The van der Waals surface area contributed by atoms with E-state index < -0.39 is 47.3 Å². The van der Waals surface area contributed by atoms with Gasteiger partial charge in [-0.3, -0.25) is 5.09 Å². The predicted molar refractivity (Wildman–Crippen MR) is 80.1 cm³/mol. The number of hydrogen-bond acceptors (Lipinski definition) is 4. The summed E-state index contributed by atoms with van der Waals surface area (Å²) >= 11 is 0. The Hall–Kier alpha value is -2.06. The van der Waals surface area contributed by atoms with E-state index in [1.165, 1.54) is 17.1 Å². The van der Waals surface area contributed by atoms with E-state index in [-0.39, 0.29) is 6.04 Å². The van der Waals surface area contributed by atoms with Crippen LogP contribution in [0.5, 0.6) is 5.75 Å². The maximum absolute atomic E-state index is 13.5. The monoisotopic (exact) mass is 381 g/mol. The Kier molecular flexibility index (Phi) is 6.07. The maximum Gasteiger partial charge on any atom is 0.331 e. The average molecular weight is 381 g/mol. The minimum Gasteiger partial charge on any atom is -0.419 e. The molecule has 0 aliphatic rings. The number of ether oxygens (including phenoxy) is 1. The van der Waals surface area contributed by atoms with Crippen LogP contribution in [0.2, 0.25) is 0 Å². The van der Waals surface area contributed by atoms with Gasteiger partial charge in [0.15, 0.2) is 0 Å². The van der Waals surface area contributed by atoms with Crippen LogP contribution in [0.3, 0.4) is 0 Å². The molecule has 1 heterocycles. The summed E-state index contributed by atoms with van der Waals surface area (Å²) in [6.07, 6.45) is 3.33. The zero-order valence-electron chi connectivity index (χ0n) is 12.8. The van der Waals surface area contributed by atoms with E-state index in [0.717, 1.165) is 0 Å². The quantitative estimate of drug-likeness (QED) is 0.209. The van der Waals surface area contributed by atoms with Gasteiger partial charge in [0.25, 0.3) is 0 Å². The first-order valence-electron chi connectivity index (χ1n) is 6.93. The van der Waals surface area contributed by atoms with Gasteiger partial charge in [0.2, 0.25) is 34.8 Å². The molecule has 0 radical (unpaired) electrons. The number of carbonyl (C=O) groups excluding carboxylic acids is 1. The van der Waals surface area contributed by atoms with Gasteiger partial charge in [-0.15, -0.1) is 0 Å². The SMILES string of the molecule is CC(Cc1cn(CC(=O)Oc2c(F)c(F)c(F)c(F)c2F)cn1)NP. The third-order valence-electron chi connectivity index (χ3n) is 3.18. The topological polar surface area (TPSA) is 56.2 Å². The molecule has 0 fully saturated rings. The summed E-state index contributed by atoms with van der Waals surface area (Å²) in [7, 11) is 2.35. The van der Waals surface area contributed by atoms with Gasteiger partial charge in [-0.25, -0.2) is 22.9 Å². The van der Waals surface area contributed by atoms with Crippen LogP contribution < -0.4 is 9.82 Å². The minimum atomic E-state index is -2.33. The Morgan fingerprint density at radius 1 is 1.20 bits per heavy atom. The molecule has 0 spiro atoms. The third kappa shape index (κ3) is 4.32. The van der Waals surface area contributed by atoms with Crippen LogP contribution >= 0.6 is 9.39 Å². The molecule has 136 valence electrons. The molecule has 0 amide bonds. The molecule has 0 aliphatic carbocycles. The van der Waals surface area contributed by atoms with Crippen LogP contribution in [-0.4, -0.2) is 21.6 Å². The van der Waals surface area contributed by atoms with E-state index in [1.54, 1.807) is 0 Å². The largest absolute Gasteiger partial charge is 0.419 e. The second-order valence-electron chi connectivity index (χ2n) is 5.18. The molecule has 2 aromatic rings. The number of rotatable bonds is 6. The summed E-state index contributed by atoms with van der Waals surface area (Å²) in [6, 6.07) is 0.0914. The predicted octanol–water partition coefficient (Wildman–Crippen LogP) is 2.49. The average Bonchev–Trinajstić information content (AvgIpc) is 3.01. The van der Waals surface area contributed by atoms with Crippen molar-refractivity contribution in [1.29, 1.82) is 0 Å². The van der Waals surface area contributed by atoms with Gasteiger partial charge in [-0.05, 0) is 6.92 Å². The van der Waals surface area contributed by atoms with Crippen molar-refractivity contribution < 1.29 is 31.5 Å². The zero-order valence-corrected chi connectivity index (χ0v) is 14.0. The van der Waals surface area contributed by atoms with Crippen molar-refractivity contribution in [3.8, 4) is 5.75 Å². The van der Waals surface area contributed by atoms with E-state index in [1.807, 2.05) is 6.92 Å². The first-order chi connectivity index (χ1) is 11.7. The van der Waals surface area contributed by atoms with Gasteiger partial charge >= 0.3 is 5.97 Å². The highest BCUT2D eigenvalue weighted by molar-refractivity contribution is 7.13. The van der Waals surface area contributed by atoms with Crippen LogP contribution in [0, 0.1) is 29.1 Å². The smallest absolute Gasteiger partial charge is 0.331 e. The number of carbonyl (C=O) groups is 1. The molecule has 5 nitrogen and oxygen atoms in total. The zero-order chi connectivity index (χ0) is 18.7. The summed E-state index contributed by atoms with van der Waals surface area (Å²) in [5, 5.41) is 2.91. The standard InChI is InChI=1S/C14H13F5N3O2P/c1-6(21-25)2-7-3-22(5-20-7)4-8(23)24-14-12(18)10(16)9(15)11(17)13(14)19/h3,5-6,21H,2,4,25H2,1H3. The number of imidazole rings is 1. The van der Waals surface area contributed by atoms with Crippen LogP contribution in [0.15, 0.2) is 12.5 Å². The van der Waals surface area contributed by atoms with Gasteiger partial charge < -0.3 is 9.30 Å². The number of esters is 1. The number of nitrogens with one attached hydrogen (secondary N) is 1. The van der Waals surface area contributed by atoms with E-state index in [4.69, 9.17) is 0 Å². The van der Waals surface area contributed by atoms with Crippen molar-refractivity contribution >= 4 is 15.4 Å². The highest BCUT2D eigenvalue weighted by Gasteiger charge is 2.28. The van der Waals surface area contributed by atoms with Gasteiger partial charge in [-0.1, -0.05) is 9.39 Å². The van der Waals surface area contributed by atoms with Crippen LogP contribution in [-0.2, 0) is 17.8 Å². The molecule has 2 atom stereocenters. The van der Waals surface area contributed by atoms with Crippen LogP contribution in [0.25, 0.3) is 0 Å². The Morgan fingerprint density at radius 3 is 2.32 bits per heavy atom. The fraction of sp³-hybridized carbons (Fsp3) is 0.286. The molecule has 1 aromatic heterocycles. The molecule has 0 bridgehead atoms. The molecule has 2 rings (SSSR count). The molecular weight excluding hydrogens is 368 g/mol. The lowest BCUT2D eigenvalue weighted by Gasteiger charge is -2.09. The van der Waals surface area contributed by atoms with Gasteiger partial charge in [0, 0.05) is 18.7 Å². The number of benzene rings is 1. The lowest BCUT2D eigenvalue weighted by atomic mass is 10.2.